The Morgan fingerprint density at radius 2 is 1.61 bits per heavy atom. The first-order chi connectivity index (χ1) is 15.1. The summed E-state index contributed by atoms with van der Waals surface area (Å²) in [6, 6.07) is 24.0. The molecule has 0 spiro atoms. The monoisotopic (exact) mass is 420 g/mol. The zero-order valence-corrected chi connectivity index (χ0v) is 18.4. The molecule has 0 fully saturated rings. The number of aryl methyl sites for hydroxylation is 1. The minimum atomic E-state index is -0.628. The standard InChI is InChI=1S/C26H32N2O3/c1-30-25(31-2)19-28(17-9-12-20-10-4-3-5-11-20)26(29)24(27)18-22-15-8-14-21-13-6-7-16-23(21)22/h3-8,10-11,13-16,24-25H,9,12,17-19,27H2,1-2H3/t24-/m0/s1. The van der Waals surface area contributed by atoms with Crippen molar-refractivity contribution < 1.29 is 14.3 Å². The first-order valence-electron chi connectivity index (χ1n) is 10.7. The molecule has 0 bridgehead atoms. The summed E-state index contributed by atoms with van der Waals surface area (Å²) in [4.78, 5) is 15.1. The number of methoxy groups -OCH3 is 2. The van der Waals surface area contributed by atoms with E-state index in [1.54, 1.807) is 19.1 Å². The maximum absolute atomic E-state index is 13.3. The quantitative estimate of drug-likeness (QED) is 0.480. The molecule has 1 atom stereocenters. The van der Waals surface area contributed by atoms with Gasteiger partial charge < -0.3 is 20.1 Å². The summed E-state index contributed by atoms with van der Waals surface area (Å²) in [6.07, 6.45) is 1.75. The van der Waals surface area contributed by atoms with Crippen LogP contribution in [0, 0.1) is 0 Å². The molecule has 3 rings (SSSR count). The number of nitrogens with zero attached hydrogens (tertiary/aromatic N) is 1. The second-order valence-electron chi connectivity index (χ2n) is 7.72. The number of ether oxygens (including phenoxy) is 2. The van der Waals surface area contributed by atoms with Crippen LogP contribution in [0.3, 0.4) is 0 Å². The van der Waals surface area contributed by atoms with Crippen LogP contribution in [0.1, 0.15) is 17.5 Å². The molecule has 0 aliphatic heterocycles. The van der Waals surface area contributed by atoms with Crippen LogP contribution < -0.4 is 5.73 Å². The molecule has 1 amide bonds. The van der Waals surface area contributed by atoms with Crippen LogP contribution in [0.15, 0.2) is 72.8 Å². The molecule has 0 heterocycles. The molecule has 5 heteroatoms. The van der Waals surface area contributed by atoms with Crippen LogP contribution >= 0.6 is 0 Å². The van der Waals surface area contributed by atoms with Gasteiger partial charge in [0.15, 0.2) is 6.29 Å². The van der Waals surface area contributed by atoms with Crippen molar-refractivity contribution in [1.29, 1.82) is 0 Å². The number of benzene rings is 3. The average Bonchev–Trinajstić information content (AvgIpc) is 2.81. The van der Waals surface area contributed by atoms with Gasteiger partial charge in [-0.3, -0.25) is 4.79 Å². The zero-order chi connectivity index (χ0) is 22.1. The maximum Gasteiger partial charge on any atom is 0.240 e. The van der Waals surface area contributed by atoms with E-state index in [0.717, 1.165) is 29.2 Å². The number of fused-ring (bicyclic) bond motifs is 1. The molecule has 3 aromatic carbocycles. The van der Waals surface area contributed by atoms with E-state index in [0.29, 0.717) is 19.5 Å². The molecule has 0 unspecified atom stereocenters. The van der Waals surface area contributed by atoms with Gasteiger partial charge in [-0.05, 0) is 41.2 Å². The summed E-state index contributed by atoms with van der Waals surface area (Å²) in [7, 11) is 3.16. The van der Waals surface area contributed by atoms with Gasteiger partial charge >= 0.3 is 0 Å². The van der Waals surface area contributed by atoms with Crippen LogP contribution in [0.4, 0.5) is 0 Å². The van der Waals surface area contributed by atoms with Gasteiger partial charge in [-0.2, -0.15) is 0 Å². The van der Waals surface area contributed by atoms with Crippen LogP contribution in [-0.2, 0) is 27.1 Å². The number of hydrogen-bond acceptors (Lipinski definition) is 4. The van der Waals surface area contributed by atoms with Crippen LogP contribution in [0.25, 0.3) is 10.8 Å². The van der Waals surface area contributed by atoms with E-state index in [2.05, 4.69) is 30.3 Å². The summed E-state index contributed by atoms with van der Waals surface area (Å²) in [5.74, 6) is -0.0832. The molecule has 0 aromatic heterocycles. The van der Waals surface area contributed by atoms with Crippen molar-refractivity contribution >= 4 is 16.7 Å². The molecule has 0 aliphatic carbocycles. The fourth-order valence-corrected chi connectivity index (χ4v) is 3.86. The lowest BCUT2D eigenvalue weighted by atomic mass is 9.98. The second-order valence-corrected chi connectivity index (χ2v) is 7.72. The Labute approximate surface area is 184 Å². The van der Waals surface area contributed by atoms with Gasteiger partial charge in [-0.25, -0.2) is 0 Å². The van der Waals surface area contributed by atoms with E-state index in [9.17, 15) is 4.79 Å². The van der Waals surface area contributed by atoms with Crippen LogP contribution in [-0.4, -0.2) is 50.4 Å². The van der Waals surface area contributed by atoms with E-state index in [-0.39, 0.29) is 5.91 Å². The van der Waals surface area contributed by atoms with Gasteiger partial charge in [-0.15, -0.1) is 0 Å². The number of carbonyl (C=O) groups is 1. The van der Waals surface area contributed by atoms with Crippen LogP contribution in [0.2, 0.25) is 0 Å². The van der Waals surface area contributed by atoms with E-state index in [4.69, 9.17) is 15.2 Å². The molecular formula is C26H32N2O3. The smallest absolute Gasteiger partial charge is 0.240 e. The fraction of sp³-hybridized carbons (Fsp3) is 0.346. The van der Waals surface area contributed by atoms with Crippen molar-refractivity contribution in [2.45, 2.75) is 31.6 Å². The number of amides is 1. The lowest BCUT2D eigenvalue weighted by Crippen LogP contribution is -2.48. The van der Waals surface area contributed by atoms with Crippen molar-refractivity contribution in [1.82, 2.24) is 4.90 Å². The lowest BCUT2D eigenvalue weighted by molar-refractivity contribution is -0.146. The van der Waals surface area contributed by atoms with Crippen molar-refractivity contribution in [3.63, 3.8) is 0 Å². The Hall–Kier alpha value is -2.73. The predicted molar refractivity (Wildman–Crippen MR) is 125 cm³/mol. The van der Waals surface area contributed by atoms with Gasteiger partial charge in [0.2, 0.25) is 5.91 Å². The highest BCUT2D eigenvalue weighted by Crippen LogP contribution is 2.20. The minimum Gasteiger partial charge on any atom is -0.354 e. The minimum absolute atomic E-state index is 0.0832. The molecule has 2 N–H and O–H groups in total. The van der Waals surface area contributed by atoms with E-state index < -0.39 is 12.3 Å². The van der Waals surface area contributed by atoms with Crippen molar-refractivity contribution in [3.8, 4) is 0 Å². The topological polar surface area (TPSA) is 64.8 Å². The molecule has 0 aliphatic rings. The third kappa shape index (κ3) is 6.37. The Morgan fingerprint density at radius 1 is 0.935 bits per heavy atom. The Morgan fingerprint density at radius 3 is 2.35 bits per heavy atom. The maximum atomic E-state index is 13.3. The molecular weight excluding hydrogens is 388 g/mol. The van der Waals surface area contributed by atoms with E-state index in [1.165, 1.54) is 5.56 Å². The lowest BCUT2D eigenvalue weighted by Gasteiger charge is -2.29. The number of hydrogen-bond donors (Lipinski definition) is 1. The molecule has 3 aromatic rings. The van der Waals surface area contributed by atoms with Gasteiger partial charge in [0, 0.05) is 20.8 Å². The summed E-state index contributed by atoms with van der Waals surface area (Å²) >= 11 is 0. The zero-order valence-electron chi connectivity index (χ0n) is 18.4. The molecule has 164 valence electrons. The summed E-state index contributed by atoms with van der Waals surface area (Å²) < 4.78 is 10.7. The number of nitrogens with two attached hydrogens (primary N) is 1. The molecule has 0 radical (unpaired) electrons. The highest BCUT2D eigenvalue weighted by atomic mass is 16.7. The first kappa shape index (κ1) is 22.9. The summed E-state index contributed by atoms with van der Waals surface area (Å²) in [6.45, 7) is 0.948. The third-order valence-corrected chi connectivity index (χ3v) is 5.58. The Bertz CT molecular complexity index is 952. The third-order valence-electron chi connectivity index (χ3n) is 5.58. The van der Waals surface area contributed by atoms with Gasteiger partial charge in [0.1, 0.15) is 0 Å². The molecule has 5 nitrogen and oxygen atoms in total. The average molecular weight is 421 g/mol. The molecule has 0 saturated carbocycles. The van der Waals surface area contributed by atoms with Gasteiger partial charge in [-0.1, -0.05) is 72.8 Å². The highest BCUT2D eigenvalue weighted by molar-refractivity contribution is 5.87. The molecule has 0 saturated heterocycles. The second kappa shape index (κ2) is 11.6. The predicted octanol–water partition coefficient (Wildman–Crippen LogP) is 3.79. The number of rotatable bonds is 11. The Balaban J connectivity index is 1.69. The van der Waals surface area contributed by atoms with Crippen molar-refractivity contribution in [2.24, 2.45) is 5.73 Å². The van der Waals surface area contributed by atoms with E-state index >= 15 is 0 Å². The fourth-order valence-electron chi connectivity index (χ4n) is 3.86. The van der Waals surface area contributed by atoms with Gasteiger partial charge in [0.25, 0.3) is 0 Å². The largest absolute Gasteiger partial charge is 0.354 e. The summed E-state index contributed by atoms with van der Waals surface area (Å²) in [5, 5.41) is 2.29. The number of carbonyl (C=O) groups excluding carboxylic acids is 1. The first-order valence-corrected chi connectivity index (χ1v) is 10.7. The SMILES string of the molecule is COC(CN(CCCc1ccccc1)C(=O)[C@@H](N)Cc1cccc2ccccc12)OC. The van der Waals surface area contributed by atoms with Crippen LogP contribution in [0.5, 0.6) is 0 Å². The highest BCUT2D eigenvalue weighted by Gasteiger charge is 2.24. The van der Waals surface area contributed by atoms with Crippen molar-refractivity contribution in [3.05, 3.63) is 83.9 Å². The normalized spacial score (nSPS) is 12.3. The van der Waals surface area contributed by atoms with E-state index in [1.807, 2.05) is 42.5 Å². The Kier molecular flexibility index (Phi) is 8.59. The molecule has 31 heavy (non-hydrogen) atoms. The van der Waals surface area contributed by atoms with Gasteiger partial charge in [0.05, 0.1) is 12.6 Å². The van der Waals surface area contributed by atoms with Crippen molar-refractivity contribution in [2.75, 3.05) is 27.3 Å². The summed E-state index contributed by atoms with van der Waals surface area (Å²) in [5.41, 5.74) is 8.75.